The van der Waals surface area contributed by atoms with Gasteiger partial charge >= 0.3 is 5.97 Å². The Morgan fingerprint density at radius 2 is 1.71 bits per heavy atom. The number of amides is 2. The minimum Gasteiger partial charge on any atom is -0.478 e. The van der Waals surface area contributed by atoms with Crippen molar-refractivity contribution < 1.29 is 19.5 Å². The van der Waals surface area contributed by atoms with Crippen molar-refractivity contribution in [3.05, 3.63) is 42.0 Å². The smallest absolute Gasteiger partial charge is 0.328 e. The van der Waals surface area contributed by atoms with E-state index in [1.165, 1.54) is 0 Å². The molecule has 3 N–H and O–H groups in total. The third kappa shape index (κ3) is 5.90. The molecule has 6 nitrogen and oxygen atoms in total. The van der Waals surface area contributed by atoms with Gasteiger partial charge in [-0.2, -0.15) is 0 Å². The van der Waals surface area contributed by atoms with Crippen LogP contribution in [0.25, 0.3) is 0 Å². The first-order chi connectivity index (χ1) is 9.69. The Morgan fingerprint density at radius 1 is 1.10 bits per heavy atom. The van der Waals surface area contributed by atoms with Gasteiger partial charge in [-0.1, -0.05) is 12.1 Å². The van der Waals surface area contributed by atoms with E-state index in [1.807, 2.05) is 20.8 Å². The molecule has 0 unspecified atom stereocenters. The lowest BCUT2D eigenvalue weighted by atomic mass is 10.1. The van der Waals surface area contributed by atoms with E-state index >= 15 is 0 Å². The Morgan fingerprint density at radius 3 is 2.29 bits per heavy atom. The summed E-state index contributed by atoms with van der Waals surface area (Å²) in [6.07, 6.45) is 1.62. The molecule has 1 rings (SSSR count). The molecular formula is C15H18N2O4. The summed E-state index contributed by atoms with van der Waals surface area (Å²) in [6, 6.07) is 6.51. The standard InChI is InChI=1S/C15H18N2O4/c1-15(2,3)17-14(21)10-6-4-5-7-11(10)16-12(18)8-9-13(19)20/h4-9H,1-3H3,(H,16,18)(H,17,21)(H,19,20). The van der Waals surface area contributed by atoms with E-state index in [-0.39, 0.29) is 5.91 Å². The summed E-state index contributed by atoms with van der Waals surface area (Å²) < 4.78 is 0. The number of benzene rings is 1. The molecule has 0 radical (unpaired) electrons. The molecule has 0 saturated heterocycles. The van der Waals surface area contributed by atoms with Crippen molar-refractivity contribution in [1.29, 1.82) is 0 Å². The van der Waals surface area contributed by atoms with E-state index in [2.05, 4.69) is 10.6 Å². The van der Waals surface area contributed by atoms with Crippen LogP contribution in [0.15, 0.2) is 36.4 Å². The summed E-state index contributed by atoms with van der Waals surface area (Å²) in [6.45, 7) is 5.55. The summed E-state index contributed by atoms with van der Waals surface area (Å²) in [5.41, 5.74) is 0.223. The molecule has 1 aromatic carbocycles. The number of para-hydroxylation sites is 1. The molecule has 0 aliphatic carbocycles. The molecule has 2 amide bonds. The average Bonchev–Trinajstić information content (AvgIpc) is 2.35. The summed E-state index contributed by atoms with van der Waals surface area (Å²) >= 11 is 0. The number of carbonyl (C=O) groups excluding carboxylic acids is 2. The molecule has 6 heteroatoms. The lowest BCUT2D eigenvalue weighted by Crippen LogP contribution is -2.40. The average molecular weight is 290 g/mol. The third-order valence-corrected chi connectivity index (χ3v) is 2.30. The van der Waals surface area contributed by atoms with Crippen LogP contribution < -0.4 is 10.6 Å². The summed E-state index contributed by atoms with van der Waals surface area (Å²) in [5, 5.41) is 13.7. The van der Waals surface area contributed by atoms with Crippen LogP contribution in [0.5, 0.6) is 0 Å². The van der Waals surface area contributed by atoms with Crippen molar-refractivity contribution in [1.82, 2.24) is 5.32 Å². The molecule has 1 aromatic rings. The summed E-state index contributed by atoms with van der Waals surface area (Å²) in [5.74, 6) is -2.15. The third-order valence-electron chi connectivity index (χ3n) is 2.30. The van der Waals surface area contributed by atoms with Crippen molar-refractivity contribution >= 4 is 23.5 Å². The SMILES string of the molecule is CC(C)(C)NC(=O)c1ccccc1NC(=O)C=CC(=O)O. The van der Waals surface area contributed by atoms with Crippen molar-refractivity contribution in [3.8, 4) is 0 Å². The second-order valence-corrected chi connectivity index (χ2v) is 5.41. The first-order valence-electron chi connectivity index (χ1n) is 6.32. The number of hydrogen-bond donors (Lipinski definition) is 3. The van der Waals surface area contributed by atoms with Gasteiger partial charge in [0.25, 0.3) is 5.91 Å². The number of aliphatic carboxylic acids is 1. The normalized spacial score (nSPS) is 11.2. The zero-order chi connectivity index (χ0) is 16.0. The Balaban J connectivity index is 2.92. The van der Waals surface area contributed by atoms with E-state index in [1.54, 1.807) is 24.3 Å². The molecule has 0 heterocycles. The van der Waals surface area contributed by atoms with E-state index in [4.69, 9.17) is 5.11 Å². The highest BCUT2D eigenvalue weighted by Crippen LogP contribution is 2.16. The van der Waals surface area contributed by atoms with Crippen molar-refractivity contribution in [2.24, 2.45) is 0 Å². The van der Waals surface area contributed by atoms with Crippen molar-refractivity contribution in [2.75, 3.05) is 5.32 Å². The number of anilines is 1. The number of carboxylic acids is 1. The molecule has 21 heavy (non-hydrogen) atoms. The topological polar surface area (TPSA) is 95.5 Å². The highest BCUT2D eigenvalue weighted by Gasteiger charge is 2.18. The summed E-state index contributed by atoms with van der Waals surface area (Å²) in [7, 11) is 0. The number of carbonyl (C=O) groups is 3. The first kappa shape index (κ1) is 16.4. The van der Waals surface area contributed by atoms with E-state index in [0.717, 1.165) is 12.2 Å². The van der Waals surface area contributed by atoms with Gasteiger partial charge in [0.2, 0.25) is 5.91 Å². The number of rotatable bonds is 4. The van der Waals surface area contributed by atoms with Gasteiger partial charge in [-0.3, -0.25) is 9.59 Å². The second-order valence-electron chi connectivity index (χ2n) is 5.41. The predicted octanol–water partition coefficient (Wildman–Crippen LogP) is 1.79. The molecular weight excluding hydrogens is 272 g/mol. The molecule has 0 fully saturated rings. The van der Waals surface area contributed by atoms with Gasteiger partial charge in [0.05, 0.1) is 11.3 Å². The zero-order valence-electron chi connectivity index (χ0n) is 12.1. The van der Waals surface area contributed by atoms with Crippen LogP contribution in [0.1, 0.15) is 31.1 Å². The number of hydrogen-bond acceptors (Lipinski definition) is 3. The Bertz CT molecular complexity index is 586. The Hall–Kier alpha value is -2.63. The van der Waals surface area contributed by atoms with Crippen LogP contribution in [0.2, 0.25) is 0 Å². The monoisotopic (exact) mass is 290 g/mol. The Labute approximate surface area is 122 Å². The largest absolute Gasteiger partial charge is 0.478 e. The van der Waals surface area contributed by atoms with Crippen LogP contribution in [0.3, 0.4) is 0 Å². The van der Waals surface area contributed by atoms with E-state index in [9.17, 15) is 14.4 Å². The fourth-order valence-corrected chi connectivity index (χ4v) is 1.52. The number of nitrogens with one attached hydrogen (secondary N) is 2. The Kier molecular flexibility index (Phi) is 5.24. The van der Waals surface area contributed by atoms with Crippen LogP contribution >= 0.6 is 0 Å². The maximum atomic E-state index is 12.2. The van der Waals surface area contributed by atoms with Gasteiger partial charge in [0, 0.05) is 17.7 Å². The molecule has 0 saturated carbocycles. The lowest BCUT2D eigenvalue weighted by Gasteiger charge is -2.21. The van der Waals surface area contributed by atoms with Crippen LogP contribution in [-0.2, 0) is 9.59 Å². The minimum atomic E-state index is -1.22. The quantitative estimate of drug-likeness (QED) is 0.737. The van der Waals surface area contributed by atoms with E-state index in [0.29, 0.717) is 11.3 Å². The fraction of sp³-hybridized carbons (Fsp3) is 0.267. The van der Waals surface area contributed by atoms with Crippen LogP contribution in [0.4, 0.5) is 5.69 Å². The molecule has 0 spiro atoms. The first-order valence-corrected chi connectivity index (χ1v) is 6.32. The highest BCUT2D eigenvalue weighted by molar-refractivity contribution is 6.07. The van der Waals surface area contributed by atoms with Gasteiger partial charge in [-0.15, -0.1) is 0 Å². The van der Waals surface area contributed by atoms with Gasteiger partial charge in [0.1, 0.15) is 0 Å². The van der Waals surface area contributed by atoms with Crippen molar-refractivity contribution in [2.45, 2.75) is 26.3 Å². The molecule has 0 aliphatic rings. The molecule has 0 atom stereocenters. The molecule has 0 aromatic heterocycles. The molecule has 0 bridgehead atoms. The van der Waals surface area contributed by atoms with Gasteiger partial charge in [-0.25, -0.2) is 4.79 Å². The fourth-order valence-electron chi connectivity index (χ4n) is 1.52. The van der Waals surface area contributed by atoms with Crippen molar-refractivity contribution in [3.63, 3.8) is 0 Å². The lowest BCUT2D eigenvalue weighted by molar-refractivity contribution is -0.131. The maximum Gasteiger partial charge on any atom is 0.328 e. The van der Waals surface area contributed by atoms with E-state index < -0.39 is 17.4 Å². The maximum absolute atomic E-state index is 12.2. The van der Waals surface area contributed by atoms with Gasteiger partial charge in [0.15, 0.2) is 0 Å². The molecule has 112 valence electrons. The van der Waals surface area contributed by atoms with Gasteiger partial charge < -0.3 is 15.7 Å². The zero-order valence-corrected chi connectivity index (χ0v) is 12.1. The second kappa shape index (κ2) is 6.69. The van der Waals surface area contributed by atoms with Crippen LogP contribution in [-0.4, -0.2) is 28.4 Å². The number of carboxylic acid groups (broad SMARTS) is 1. The summed E-state index contributed by atoms with van der Waals surface area (Å²) in [4.78, 5) is 34.1. The molecule has 0 aliphatic heterocycles. The predicted molar refractivity (Wildman–Crippen MR) is 79.1 cm³/mol. The van der Waals surface area contributed by atoms with Gasteiger partial charge in [-0.05, 0) is 32.9 Å². The highest BCUT2D eigenvalue weighted by atomic mass is 16.4. The van der Waals surface area contributed by atoms with Crippen LogP contribution in [0, 0.1) is 0 Å². The minimum absolute atomic E-state index is 0.310.